The normalized spacial score (nSPS) is 20.0. The molecule has 0 heterocycles. The number of phenolic OH excluding ortho intramolecular Hbond substituents is 2. The zero-order valence-electron chi connectivity index (χ0n) is 19.4. The summed E-state index contributed by atoms with van der Waals surface area (Å²) < 4.78 is 25.5. The summed E-state index contributed by atoms with van der Waals surface area (Å²) in [5.41, 5.74) is 0.590. The molecule has 2 aliphatic rings. The summed E-state index contributed by atoms with van der Waals surface area (Å²) in [6.45, 7) is 7.86. The van der Waals surface area contributed by atoms with Gasteiger partial charge in [-0.2, -0.15) is 0 Å². The molecule has 4 rings (SSSR count). The highest BCUT2D eigenvalue weighted by Gasteiger charge is 2.47. The first-order valence-electron chi connectivity index (χ1n) is 11.6. The van der Waals surface area contributed by atoms with Gasteiger partial charge in [0, 0.05) is 11.8 Å². The van der Waals surface area contributed by atoms with Crippen LogP contribution in [-0.4, -0.2) is 21.4 Å². The maximum atomic E-state index is 13.2. The molecule has 2 atom stereocenters. The first kappa shape index (κ1) is 23.4. The molecule has 2 N–H and O–H groups in total. The van der Waals surface area contributed by atoms with Gasteiger partial charge in [-0.1, -0.05) is 24.3 Å². The molecule has 0 spiro atoms. The van der Waals surface area contributed by atoms with Gasteiger partial charge in [0.1, 0.15) is 11.5 Å². The number of hydrogen-bond acceptors (Lipinski definition) is 5. The van der Waals surface area contributed by atoms with Crippen molar-refractivity contribution in [2.75, 3.05) is 0 Å². The summed E-state index contributed by atoms with van der Waals surface area (Å²) in [6.07, 6.45) is 4.40. The van der Waals surface area contributed by atoms with Crippen molar-refractivity contribution in [3.05, 3.63) is 59.7 Å². The minimum Gasteiger partial charge on any atom is -0.508 e. The Morgan fingerprint density at radius 2 is 1.16 bits per heavy atom. The number of phenols is 2. The number of rotatable bonds is 10. The average Bonchev–Trinajstić information content (AvgIpc) is 3.56. The van der Waals surface area contributed by atoms with Crippen molar-refractivity contribution in [2.45, 2.75) is 76.4 Å². The van der Waals surface area contributed by atoms with Gasteiger partial charge in [-0.15, -0.1) is 0 Å². The lowest BCUT2D eigenvalue weighted by Gasteiger charge is -2.38. The predicted molar refractivity (Wildman–Crippen MR) is 126 cm³/mol. The number of benzene rings is 2. The van der Waals surface area contributed by atoms with Gasteiger partial charge in [-0.05, 0) is 101 Å². The molecule has 32 heavy (non-hydrogen) atoms. The predicted octanol–water partition coefficient (Wildman–Crippen LogP) is 6.77. The van der Waals surface area contributed by atoms with E-state index >= 15 is 0 Å². The topological polar surface area (TPSA) is 76.0 Å². The summed E-state index contributed by atoms with van der Waals surface area (Å²) in [5, 5.41) is 19.9. The molecule has 2 fully saturated rings. The molecule has 2 aromatic rings. The van der Waals surface area contributed by atoms with E-state index in [9.17, 15) is 14.8 Å². The maximum absolute atomic E-state index is 13.2. The van der Waals surface area contributed by atoms with Gasteiger partial charge in [-0.25, -0.2) is 0 Å². The van der Waals surface area contributed by atoms with Crippen LogP contribution in [0.4, 0.5) is 0 Å². The lowest BCUT2D eigenvalue weighted by molar-refractivity contribution is 0.0123. The van der Waals surface area contributed by atoms with E-state index in [0.717, 1.165) is 36.8 Å². The van der Waals surface area contributed by atoms with Crippen LogP contribution in [-0.2, 0) is 13.6 Å². The molecule has 0 bridgehead atoms. The maximum Gasteiger partial charge on any atom is 0.320 e. The van der Waals surface area contributed by atoms with Crippen molar-refractivity contribution in [1.82, 2.24) is 0 Å². The van der Waals surface area contributed by atoms with Crippen LogP contribution in [0.15, 0.2) is 48.5 Å². The van der Waals surface area contributed by atoms with E-state index in [-0.39, 0.29) is 23.3 Å². The molecule has 2 saturated carbocycles. The zero-order chi connectivity index (χ0) is 23.1. The molecule has 2 aromatic carbocycles. The Hall–Kier alpha value is -1.81. The van der Waals surface area contributed by atoms with Crippen LogP contribution in [0.25, 0.3) is 0 Å². The van der Waals surface area contributed by atoms with Crippen molar-refractivity contribution < 1.29 is 23.8 Å². The quantitative estimate of drug-likeness (QED) is 0.385. The Morgan fingerprint density at radius 1 is 0.781 bits per heavy atom. The van der Waals surface area contributed by atoms with Crippen molar-refractivity contribution in [1.29, 1.82) is 0 Å². The molecule has 6 heteroatoms. The van der Waals surface area contributed by atoms with Gasteiger partial charge in [0.2, 0.25) is 0 Å². The molecule has 2 aliphatic carbocycles. The first-order valence-corrected chi connectivity index (χ1v) is 12.8. The van der Waals surface area contributed by atoms with Crippen molar-refractivity contribution >= 4 is 8.25 Å². The van der Waals surface area contributed by atoms with Crippen LogP contribution in [0.3, 0.4) is 0 Å². The minimum absolute atomic E-state index is 0.0283. The van der Waals surface area contributed by atoms with E-state index in [4.69, 9.17) is 9.05 Å². The highest BCUT2D eigenvalue weighted by atomic mass is 31.1. The molecule has 0 aromatic heterocycles. The molecule has 0 amide bonds. The van der Waals surface area contributed by atoms with Crippen LogP contribution in [0.5, 0.6) is 11.5 Å². The van der Waals surface area contributed by atoms with Crippen LogP contribution in [0, 0.1) is 11.8 Å². The van der Waals surface area contributed by atoms with E-state index in [0.29, 0.717) is 11.8 Å². The van der Waals surface area contributed by atoms with Crippen molar-refractivity contribution in [3.63, 3.8) is 0 Å². The fourth-order valence-corrected chi connectivity index (χ4v) is 6.51. The van der Waals surface area contributed by atoms with E-state index in [1.165, 1.54) is 0 Å². The fraction of sp³-hybridized carbons (Fsp3) is 0.538. The monoisotopic (exact) mass is 458 g/mol. The van der Waals surface area contributed by atoms with E-state index < -0.39 is 19.5 Å². The summed E-state index contributed by atoms with van der Waals surface area (Å²) >= 11 is 0. The van der Waals surface area contributed by atoms with Crippen LogP contribution in [0.2, 0.25) is 0 Å². The molecule has 2 unspecified atom stereocenters. The Morgan fingerprint density at radius 3 is 1.47 bits per heavy atom. The van der Waals surface area contributed by atoms with Gasteiger partial charge in [0.05, 0.1) is 11.2 Å². The van der Waals surface area contributed by atoms with Crippen molar-refractivity contribution in [3.8, 4) is 11.5 Å². The van der Waals surface area contributed by atoms with Crippen LogP contribution in [0.1, 0.15) is 76.3 Å². The van der Waals surface area contributed by atoms with Crippen molar-refractivity contribution in [2.24, 2.45) is 11.8 Å². The standard InChI is InChI=1S/C26H35O5P/c1-25(2,23(17-11-12-17)19-7-5-9-21(27)15-19)30-32(29)31-26(3,4)24(18-13-14-18)20-8-6-10-22(28)16-20/h5-10,15-18,23-24,27-28,32H,11-14H2,1-4H3. The molecule has 0 aliphatic heterocycles. The Labute approximate surface area is 191 Å². The molecule has 174 valence electrons. The lowest BCUT2D eigenvalue weighted by Crippen LogP contribution is -2.35. The van der Waals surface area contributed by atoms with Gasteiger partial charge in [-0.3, -0.25) is 4.57 Å². The summed E-state index contributed by atoms with van der Waals surface area (Å²) in [5.74, 6) is 1.41. The van der Waals surface area contributed by atoms with Gasteiger partial charge >= 0.3 is 8.25 Å². The average molecular weight is 459 g/mol. The molecule has 0 radical (unpaired) electrons. The van der Waals surface area contributed by atoms with Crippen LogP contribution >= 0.6 is 8.25 Å². The van der Waals surface area contributed by atoms with Crippen LogP contribution < -0.4 is 0 Å². The van der Waals surface area contributed by atoms with Gasteiger partial charge < -0.3 is 19.3 Å². The number of hydrogen-bond donors (Lipinski definition) is 2. The summed E-state index contributed by atoms with van der Waals surface area (Å²) in [6, 6.07) is 14.6. The lowest BCUT2D eigenvalue weighted by atomic mass is 9.81. The smallest absolute Gasteiger partial charge is 0.320 e. The second-order valence-corrected chi connectivity index (χ2v) is 11.4. The fourth-order valence-electron chi connectivity index (χ4n) is 5.36. The summed E-state index contributed by atoms with van der Waals surface area (Å²) in [7, 11) is -2.81. The molecular weight excluding hydrogens is 423 g/mol. The van der Waals surface area contributed by atoms with E-state index in [1.807, 2.05) is 52.0 Å². The van der Waals surface area contributed by atoms with E-state index in [2.05, 4.69) is 0 Å². The largest absolute Gasteiger partial charge is 0.508 e. The third-order valence-electron chi connectivity index (χ3n) is 6.84. The Bertz CT molecular complexity index is 900. The first-order chi connectivity index (χ1) is 15.1. The minimum atomic E-state index is -2.81. The zero-order valence-corrected chi connectivity index (χ0v) is 20.4. The SMILES string of the molecule is CC(C)(O[PH](=O)OC(C)(C)C(c1cccc(O)c1)C1CC1)C(c1cccc(O)c1)C1CC1. The Kier molecular flexibility index (Phi) is 6.46. The third-order valence-corrected chi connectivity index (χ3v) is 8.22. The second-order valence-electron chi connectivity index (χ2n) is 10.5. The summed E-state index contributed by atoms with van der Waals surface area (Å²) in [4.78, 5) is 0. The Balaban J connectivity index is 1.51. The van der Waals surface area contributed by atoms with Gasteiger partial charge in [0.15, 0.2) is 0 Å². The second kappa shape index (κ2) is 8.85. The molecule has 0 saturated heterocycles. The van der Waals surface area contributed by atoms with Gasteiger partial charge in [0.25, 0.3) is 0 Å². The third kappa shape index (κ3) is 5.39. The highest BCUT2D eigenvalue weighted by Crippen LogP contribution is 2.55. The molecule has 5 nitrogen and oxygen atoms in total. The number of aromatic hydroxyl groups is 2. The molecular formula is C26H35O5P. The van der Waals surface area contributed by atoms with E-state index in [1.54, 1.807) is 24.3 Å². The highest BCUT2D eigenvalue weighted by molar-refractivity contribution is 7.33.